The van der Waals surface area contributed by atoms with Crippen molar-refractivity contribution >= 4 is 46.6 Å². The minimum Gasteiger partial charge on any atom is -0.481 e. The van der Waals surface area contributed by atoms with E-state index in [9.17, 15) is 24.0 Å². The monoisotopic (exact) mass is 483 g/mol. The molecule has 182 valence electrons. The van der Waals surface area contributed by atoms with Crippen LogP contribution in [-0.4, -0.2) is 59.9 Å². The van der Waals surface area contributed by atoms with Crippen LogP contribution in [0.4, 0.5) is 11.6 Å². The normalized spacial score (nSPS) is 11.5. The van der Waals surface area contributed by atoms with E-state index >= 15 is 0 Å². The number of carbonyl (C=O) groups is 4. The van der Waals surface area contributed by atoms with Crippen molar-refractivity contribution in [3.63, 3.8) is 0 Å². The lowest BCUT2D eigenvalue weighted by Crippen LogP contribution is -2.41. The van der Waals surface area contributed by atoms with E-state index in [-0.39, 0.29) is 35.6 Å². The number of H-pyrrole nitrogens is 1. The third-order valence-electron chi connectivity index (χ3n) is 4.63. The van der Waals surface area contributed by atoms with Crippen LogP contribution in [0, 0.1) is 0 Å². The topological polar surface area (TPSA) is 216 Å². The number of aromatic nitrogens is 4. The average molecular weight is 483 g/mol. The van der Waals surface area contributed by atoms with Crippen molar-refractivity contribution in [3.8, 4) is 0 Å². The Labute approximate surface area is 196 Å². The molecule has 0 saturated heterocycles. The molecule has 0 radical (unpaired) electrons. The standard InChI is InChI=1S/C21H21N7O7/c1-10(29)24-21-27-17-16(19(33)28-21)25-13(9-23-17)8-22-12-4-2-11(3-5-12)18(32)26-14(20(34)35)6-7-15(30)31/h2-5,9,14,22H,6-8H2,1H3,(H,26,32)(H,30,31)(H,34,35)(H2,23,24,27,28,29,33). The molecule has 0 spiro atoms. The summed E-state index contributed by atoms with van der Waals surface area (Å²) in [4.78, 5) is 72.3. The lowest BCUT2D eigenvalue weighted by molar-refractivity contribution is -0.140. The third-order valence-corrected chi connectivity index (χ3v) is 4.63. The number of aliphatic carboxylic acids is 2. The predicted molar refractivity (Wildman–Crippen MR) is 122 cm³/mol. The molecule has 0 aliphatic rings. The molecule has 3 aromatic rings. The second-order valence-corrected chi connectivity index (χ2v) is 7.36. The molecule has 14 heteroatoms. The molecular weight excluding hydrogens is 462 g/mol. The number of fused-ring (bicyclic) bond motifs is 1. The van der Waals surface area contributed by atoms with Gasteiger partial charge >= 0.3 is 11.9 Å². The van der Waals surface area contributed by atoms with E-state index in [1.54, 1.807) is 12.1 Å². The zero-order chi connectivity index (χ0) is 25.5. The molecule has 2 heterocycles. The van der Waals surface area contributed by atoms with Crippen LogP contribution in [0.2, 0.25) is 0 Å². The van der Waals surface area contributed by atoms with Crippen LogP contribution in [0.15, 0.2) is 35.3 Å². The van der Waals surface area contributed by atoms with Gasteiger partial charge in [-0.3, -0.25) is 29.5 Å². The molecule has 0 aliphatic heterocycles. The molecule has 0 fully saturated rings. The maximum absolute atomic E-state index is 12.3. The number of anilines is 2. The fourth-order valence-corrected chi connectivity index (χ4v) is 2.96. The number of nitrogens with zero attached hydrogens (tertiary/aromatic N) is 3. The van der Waals surface area contributed by atoms with Crippen molar-refractivity contribution in [1.29, 1.82) is 0 Å². The molecule has 2 amide bonds. The first-order valence-corrected chi connectivity index (χ1v) is 10.3. The van der Waals surface area contributed by atoms with Crippen molar-refractivity contribution in [2.45, 2.75) is 32.4 Å². The van der Waals surface area contributed by atoms with Gasteiger partial charge in [-0.25, -0.2) is 14.8 Å². The molecule has 3 rings (SSSR count). The third kappa shape index (κ3) is 6.80. The number of rotatable bonds is 10. The van der Waals surface area contributed by atoms with Gasteiger partial charge in [-0.15, -0.1) is 0 Å². The number of carbonyl (C=O) groups excluding carboxylic acids is 2. The van der Waals surface area contributed by atoms with Gasteiger partial charge in [0.05, 0.1) is 18.4 Å². The van der Waals surface area contributed by atoms with Gasteiger partial charge in [0.2, 0.25) is 11.9 Å². The maximum atomic E-state index is 12.3. The van der Waals surface area contributed by atoms with Crippen molar-refractivity contribution in [3.05, 3.63) is 52.1 Å². The zero-order valence-electron chi connectivity index (χ0n) is 18.4. The van der Waals surface area contributed by atoms with Gasteiger partial charge in [-0.05, 0) is 30.7 Å². The Kier molecular flexibility index (Phi) is 7.66. The second kappa shape index (κ2) is 10.8. The quantitative estimate of drug-likeness (QED) is 0.231. The van der Waals surface area contributed by atoms with Crippen molar-refractivity contribution in [2.24, 2.45) is 0 Å². The number of hydrogen-bond acceptors (Lipinski definition) is 9. The van der Waals surface area contributed by atoms with Crippen molar-refractivity contribution in [2.75, 3.05) is 10.6 Å². The molecule has 0 saturated carbocycles. The first-order chi connectivity index (χ1) is 16.6. The van der Waals surface area contributed by atoms with E-state index in [2.05, 4.69) is 35.9 Å². The number of carboxylic acids is 2. The Balaban J connectivity index is 1.63. The molecule has 6 N–H and O–H groups in total. The van der Waals surface area contributed by atoms with Crippen LogP contribution >= 0.6 is 0 Å². The Morgan fingerprint density at radius 1 is 1.09 bits per heavy atom. The zero-order valence-corrected chi connectivity index (χ0v) is 18.4. The van der Waals surface area contributed by atoms with Gasteiger partial charge in [0.25, 0.3) is 11.5 Å². The summed E-state index contributed by atoms with van der Waals surface area (Å²) in [5.41, 5.74) is 0.737. The van der Waals surface area contributed by atoms with Crippen molar-refractivity contribution in [1.82, 2.24) is 25.3 Å². The SMILES string of the molecule is CC(=O)Nc1nc2ncc(CNc3ccc(C(=O)NC(CCC(=O)O)C(=O)O)cc3)nc2c(=O)[nH]1. The van der Waals surface area contributed by atoms with Gasteiger partial charge in [-0.1, -0.05) is 0 Å². The van der Waals surface area contributed by atoms with Crippen LogP contribution in [0.5, 0.6) is 0 Å². The van der Waals surface area contributed by atoms with E-state index in [0.717, 1.165) is 0 Å². The highest BCUT2D eigenvalue weighted by Gasteiger charge is 2.21. The summed E-state index contributed by atoms with van der Waals surface area (Å²) < 4.78 is 0. The number of nitrogens with one attached hydrogen (secondary N) is 4. The summed E-state index contributed by atoms with van der Waals surface area (Å²) in [5.74, 6) is -3.57. The summed E-state index contributed by atoms with van der Waals surface area (Å²) in [6, 6.07) is 4.79. The molecule has 35 heavy (non-hydrogen) atoms. The largest absolute Gasteiger partial charge is 0.481 e. The summed E-state index contributed by atoms with van der Waals surface area (Å²) in [6.07, 6.45) is 0.788. The number of hydrogen-bond donors (Lipinski definition) is 6. The van der Waals surface area contributed by atoms with Gasteiger partial charge in [0, 0.05) is 24.6 Å². The Morgan fingerprint density at radius 2 is 1.80 bits per heavy atom. The number of aromatic amines is 1. The van der Waals surface area contributed by atoms with Gasteiger partial charge < -0.3 is 20.8 Å². The Bertz CT molecular complexity index is 1340. The number of carboxylic acid groups (broad SMARTS) is 2. The minimum absolute atomic E-state index is 0.00121. The highest BCUT2D eigenvalue weighted by molar-refractivity contribution is 5.97. The van der Waals surface area contributed by atoms with Crippen LogP contribution in [-0.2, 0) is 20.9 Å². The lowest BCUT2D eigenvalue weighted by atomic mass is 10.1. The van der Waals surface area contributed by atoms with E-state index in [1.165, 1.54) is 25.3 Å². The molecule has 14 nitrogen and oxygen atoms in total. The molecule has 1 unspecified atom stereocenters. The highest BCUT2D eigenvalue weighted by Crippen LogP contribution is 2.12. The molecular formula is C21H21N7O7. The molecule has 2 aromatic heterocycles. The average Bonchev–Trinajstić information content (AvgIpc) is 2.80. The minimum atomic E-state index is -1.32. The Morgan fingerprint density at radius 3 is 2.43 bits per heavy atom. The van der Waals surface area contributed by atoms with Crippen LogP contribution < -0.4 is 21.5 Å². The summed E-state index contributed by atoms with van der Waals surface area (Å²) in [7, 11) is 0. The summed E-state index contributed by atoms with van der Waals surface area (Å²) in [6.45, 7) is 1.47. The molecule has 1 atom stereocenters. The van der Waals surface area contributed by atoms with E-state index < -0.39 is 41.8 Å². The summed E-state index contributed by atoms with van der Waals surface area (Å²) >= 11 is 0. The number of amides is 2. The summed E-state index contributed by atoms with van der Waals surface area (Å²) in [5, 5.41) is 25.6. The van der Waals surface area contributed by atoms with Gasteiger partial charge in [0.15, 0.2) is 11.2 Å². The maximum Gasteiger partial charge on any atom is 0.326 e. The fraction of sp³-hybridized carbons (Fsp3) is 0.238. The fourth-order valence-electron chi connectivity index (χ4n) is 2.96. The number of benzene rings is 1. The smallest absolute Gasteiger partial charge is 0.326 e. The van der Waals surface area contributed by atoms with Crippen molar-refractivity contribution < 1.29 is 29.4 Å². The van der Waals surface area contributed by atoms with Crippen LogP contribution in [0.1, 0.15) is 35.8 Å². The lowest BCUT2D eigenvalue weighted by Gasteiger charge is -2.14. The van der Waals surface area contributed by atoms with E-state index in [4.69, 9.17) is 10.2 Å². The highest BCUT2D eigenvalue weighted by atomic mass is 16.4. The van der Waals surface area contributed by atoms with Crippen LogP contribution in [0.3, 0.4) is 0 Å². The second-order valence-electron chi connectivity index (χ2n) is 7.36. The first kappa shape index (κ1) is 24.8. The predicted octanol–water partition coefficient (Wildman–Crippen LogP) is 0.331. The molecule has 0 aliphatic carbocycles. The van der Waals surface area contributed by atoms with E-state index in [1.807, 2.05) is 0 Å². The van der Waals surface area contributed by atoms with E-state index in [0.29, 0.717) is 11.4 Å². The molecule has 1 aromatic carbocycles. The van der Waals surface area contributed by atoms with Crippen LogP contribution in [0.25, 0.3) is 11.2 Å². The Hall–Kier alpha value is -4.88. The molecule has 0 bridgehead atoms. The van der Waals surface area contributed by atoms with Gasteiger partial charge in [-0.2, -0.15) is 4.98 Å². The van der Waals surface area contributed by atoms with Gasteiger partial charge in [0.1, 0.15) is 6.04 Å². The first-order valence-electron chi connectivity index (χ1n) is 10.3.